The highest BCUT2D eigenvalue weighted by Gasteiger charge is 2.33. The van der Waals surface area contributed by atoms with E-state index < -0.39 is 27.6 Å². The summed E-state index contributed by atoms with van der Waals surface area (Å²) in [6.07, 6.45) is -4.68. The lowest BCUT2D eigenvalue weighted by molar-refractivity contribution is -0.138. The molecule has 0 saturated heterocycles. The molecule has 2 aromatic carbocycles. The van der Waals surface area contributed by atoms with Crippen molar-refractivity contribution in [3.05, 3.63) is 65.0 Å². The van der Waals surface area contributed by atoms with Crippen molar-refractivity contribution in [1.82, 2.24) is 10.6 Å². The second-order valence-corrected chi connectivity index (χ2v) is 7.60. The van der Waals surface area contributed by atoms with Crippen molar-refractivity contribution in [2.75, 3.05) is 6.54 Å². The number of nitrogens with zero attached hydrogens (tertiary/aromatic N) is 1. The SMILES string of the molecule is CCNC(=NCc1ccc(S(N)(=O)=O)cc1)NCc1ccc(F)cc1C(F)(F)F. The number of sulfonamides is 1. The van der Waals surface area contributed by atoms with Gasteiger partial charge in [-0.05, 0) is 42.3 Å². The van der Waals surface area contributed by atoms with Gasteiger partial charge in [0.15, 0.2) is 5.96 Å². The summed E-state index contributed by atoms with van der Waals surface area (Å²) in [6, 6.07) is 8.24. The molecule has 4 N–H and O–H groups in total. The second-order valence-electron chi connectivity index (χ2n) is 6.04. The maximum Gasteiger partial charge on any atom is 0.416 e. The Balaban J connectivity index is 2.13. The van der Waals surface area contributed by atoms with Crippen LogP contribution in [0, 0.1) is 5.82 Å². The Morgan fingerprint density at radius 2 is 1.76 bits per heavy atom. The number of rotatable bonds is 6. The lowest BCUT2D eigenvalue weighted by Crippen LogP contribution is -2.37. The molecule has 0 heterocycles. The van der Waals surface area contributed by atoms with E-state index in [1.807, 2.05) is 0 Å². The Morgan fingerprint density at radius 1 is 1.10 bits per heavy atom. The van der Waals surface area contributed by atoms with E-state index in [-0.39, 0.29) is 29.5 Å². The van der Waals surface area contributed by atoms with Crippen molar-refractivity contribution in [1.29, 1.82) is 0 Å². The Kier molecular flexibility index (Phi) is 7.20. The zero-order chi connectivity index (χ0) is 21.7. The molecule has 0 radical (unpaired) electrons. The Labute approximate surface area is 165 Å². The number of guanidine groups is 1. The van der Waals surface area contributed by atoms with Crippen LogP contribution in [-0.2, 0) is 29.3 Å². The largest absolute Gasteiger partial charge is 0.416 e. The second kappa shape index (κ2) is 9.23. The summed E-state index contributed by atoms with van der Waals surface area (Å²) in [6.45, 7) is 2.18. The summed E-state index contributed by atoms with van der Waals surface area (Å²) < 4.78 is 75.0. The molecule has 0 atom stereocenters. The minimum atomic E-state index is -4.68. The maximum absolute atomic E-state index is 13.2. The minimum absolute atomic E-state index is 0.0359. The average molecular weight is 432 g/mol. The molecular weight excluding hydrogens is 412 g/mol. The van der Waals surface area contributed by atoms with Gasteiger partial charge in [-0.2, -0.15) is 13.2 Å². The molecule has 0 unspecified atom stereocenters. The normalized spacial score (nSPS) is 12.7. The first kappa shape index (κ1) is 22.6. The predicted octanol–water partition coefficient (Wildman–Crippen LogP) is 2.75. The smallest absolute Gasteiger partial charge is 0.357 e. The van der Waals surface area contributed by atoms with Gasteiger partial charge in [-0.1, -0.05) is 18.2 Å². The first-order chi connectivity index (χ1) is 13.5. The van der Waals surface area contributed by atoms with Crippen LogP contribution >= 0.6 is 0 Å². The molecule has 0 aliphatic carbocycles. The van der Waals surface area contributed by atoms with E-state index in [1.54, 1.807) is 6.92 Å². The molecule has 0 amide bonds. The average Bonchev–Trinajstić information content (AvgIpc) is 2.63. The molecular formula is C18H20F4N4O2S. The number of benzene rings is 2. The van der Waals surface area contributed by atoms with Gasteiger partial charge in [0, 0.05) is 13.1 Å². The predicted molar refractivity (Wildman–Crippen MR) is 101 cm³/mol. The van der Waals surface area contributed by atoms with Gasteiger partial charge in [0.25, 0.3) is 0 Å². The van der Waals surface area contributed by atoms with Crippen LogP contribution in [0.5, 0.6) is 0 Å². The van der Waals surface area contributed by atoms with Crippen molar-refractivity contribution in [2.24, 2.45) is 10.1 Å². The van der Waals surface area contributed by atoms with Crippen LogP contribution in [-0.4, -0.2) is 20.9 Å². The van der Waals surface area contributed by atoms with E-state index in [0.717, 1.165) is 12.1 Å². The minimum Gasteiger partial charge on any atom is -0.357 e. The number of hydrogen-bond donors (Lipinski definition) is 3. The van der Waals surface area contributed by atoms with Crippen LogP contribution < -0.4 is 15.8 Å². The van der Waals surface area contributed by atoms with Crippen LogP contribution in [0.25, 0.3) is 0 Å². The van der Waals surface area contributed by atoms with Crippen molar-refractivity contribution >= 4 is 16.0 Å². The molecule has 0 fully saturated rings. The quantitative estimate of drug-likeness (QED) is 0.372. The summed E-state index contributed by atoms with van der Waals surface area (Å²) in [5, 5.41) is 10.7. The zero-order valence-electron chi connectivity index (χ0n) is 15.4. The van der Waals surface area contributed by atoms with E-state index in [1.165, 1.54) is 24.3 Å². The van der Waals surface area contributed by atoms with Gasteiger partial charge in [-0.25, -0.2) is 22.9 Å². The van der Waals surface area contributed by atoms with Gasteiger partial charge in [0.1, 0.15) is 5.82 Å². The van der Waals surface area contributed by atoms with E-state index in [2.05, 4.69) is 15.6 Å². The third-order valence-electron chi connectivity index (χ3n) is 3.84. The highest BCUT2D eigenvalue weighted by atomic mass is 32.2. The van der Waals surface area contributed by atoms with Crippen LogP contribution in [0.15, 0.2) is 52.4 Å². The molecule has 0 aliphatic heterocycles. The highest BCUT2D eigenvalue weighted by Crippen LogP contribution is 2.32. The fraction of sp³-hybridized carbons (Fsp3) is 0.278. The van der Waals surface area contributed by atoms with Crippen molar-refractivity contribution < 1.29 is 26.0 Å². The number of primary sulfonamides is 1. The van der Waals surface area contributed by atoms with Crippen LogP contribution in [0.3, 0.4) is 0 Å². The van der Waals surface area contributed by atoms with Crippen LogP contribution in [0.4, 0.5) is 17.6 Å². The number of nitrogens with two attached hydrogens (primary N) is 1. The highest BCUT2D eigenvalue weighted by molar-refractivity contribution is 7.89. The van der Waals surface area contributed by atoms with E-state index in [9.17, 15) is 26.0 Å². The lowest BCUT2D eigenvalue weighted by atomic mass is 10.1. The maximum atomic E-state index is 13.2. The van der Waals surface area contributed by atoms with Crippen molar-refractivity contribution in [3.8, 4) is 0 Å². The van der Waals surface area contributed by atoms with Gasteiger partial charge >= 0.3 is 6.18 Å². The molecule has 0 aromatic heterocycles. The molecule has 0 saturated carbocycles. The first-order valence-electron chi connectivity index (χ1n) is 8.50. The number of hydrogen-bond acceptors (Lipinski definition) is 3. The number of nitrogens with one attached hydrogen (secondary N) is 2. The Morgan fingerprint density at radius 3 is 2.31 bits per heavy atom. The molecule has 6 nitrogen and oxygen atoms in total. The van der Waals surface area contributed by atoms with Gasteiger partial charge in [-0.15, -0.1) is 0 Å². The summed E-state index contributed by atoms with van der Waals surface area (Å²) in [7, 11) is -3.80. The number of aliphatic imine (C=N–C) groups is 1. The van der Waals surface area contributed by atoms with Gasteiger partial charge in [-0.3, -0.25) is 0 Å². The van der Waals surface area contributed by atoms with Gasteiger partial charge < -0.3 is 10.6 Å². The topological polar surface area (TPSA) is 96.6 Å². The Hall–Kier alpha value is -2.66. The number of alkyl halides is 3. The van der Waals surface area contributed by atoms with Crippen LogP contribution in [0.2, 0.25) is 0 Å². The standard InChI is InChI=1S/C18H20F4N4O2S/c1-2-24-17(25-10-12-3-7-15(8-4-12)29(23,27)28)26-11-13-5-6-14(19)9-16(13)18(20,21)22/h3-9H,2,10-11H2,1H3,(H2,23,27,28)(H2,24,25,26). The third-order valence-corrected chi connectivity index (χ3v) is 4.77. The first-order valence-corrected chi connectivity index (χ1v) is 10.0. The molecule has 0 spiro atoms. The molecule has 158 valence electrons. The summed E-state index contributed by atoms with van der Waals surface area (Å²) >= 11 is 0. The summed E-state index contributed by atoms with van der Waals surface area (Å²) in [4.78, 5) is 4.22. The van der Waals surface area contributed by atoms with E-state index in [4.69, 9.17) is 5.14 Å². The zero-order valence-corrected chi connectivity index (χ0v) is 16.2. The van der Waals surface area contributed by atoms with E-state index >= 15 is 0 Å². The molecule has 2 aromatic rings. The Bertz CT molecular complexity index is 974. The van der Waals surface area contributed by atoms with E-state index in [0.29, 0.717) is 18.2 Å². The fourth-order valence-electron chi connectivity index (χ4n) is 2.44. The molecule has 2 rings (SSSR count). The summed E-state index contributed by atoms with van der Waals surface area (Å²) in [5.74, 6) is -0.718. The van der Waals surface area contributed by atoms with Gasteiger partial charge in [0.05, 0.1) is 17.0 Å². The summed E-state index contributed by atoms with van der Waals surface area (Å²) in [5.41, 5.74) is -0.506. The monoisotopic (exact) mass is 432 g/mol. The molecule has 29 heavy (non-hydrogen) atoms. The number of halogens is 4. The molecule has 0 bridgehead atoms. The van der Waals surface area contributed by atoms with Crippen LogP contribution in [0.1, 0.15) is 23.6 Å². The van der Waals surface area contributed by atoms with Crippen molar-refractivity contribution in [3.63, 3.8) is 0 Å². The molecule has 0 aliphatic rings. The van der Waals surface area contributed by atoms with Gasteiger partial charge in [0.2, 0.25) is 10.0 Å². The fourth-order valence-corrected chi connectivity index (χ4v) is 2.96. The van der Waals surface area contributed by atoms with Crippen molar-refractivity contribution in [2.45, 2.75) is 31.1 Å². The third kappa shape index (κ3) is 6.71. The molecule has 11 heteroatoms. The lowest BCUT2D eigenvalue weighted by Gasteiger charge is -2.16.